The van der Waals surface area contributed by atoms with Gasteiger partial charge in [-0.05, 0) is 50.1 Å². The third-order valence-electron chi connectivity index (χ3n) is 6.27. The molecule has 6 nitrogen and oxygen atoms in total. The second-order valence-corrected chi connectivity index (χ2v) is 10.3. The maximum absolute atomic E-state index is 13.7. The van der Waals surface area contributed by atoms with Crippen molar-refractivity contribution in [3.63, 3.8) is 0 Å². The van der Waals surface area contributed by atoms with Gasteiger partial charge in [0.15, 0.2) is 11.6 Å². The zero-order chi connectivity index (χ0) is 23.3. The molecule has 0 atom stereocenters. The molecule has 0 bridgehead atoms. The van der Waals surface area contributed by atoms with Crippen LogP contribution in [-0.4, -0.2) is 55.5 Å². The van der Waals surface area contributed by atoms with Crippen LogP contribution >= 0.6 is 0 Å². The van der Waals surface area contributed by atoms with Gasteiger partial charge in [0.25, 0.3) is 5.91 Å². The molecule has 1 spiro atoms. The van der Waals surface area contributed by atoms with E-state index in [-0.39, 0.29) is 31.8 Å². The molecule has 2 aliphatic heterocycles. The molecule has 172 valence electrons. The van der Waals surface area contributed by atoms with Gasteiger partial charge in [0.2, 0.25) is 10.0 Å². The third kappa shape index (κ3) is 3.82. The van der Waals surface area contributed by atoms with Crippen molar-refractivity contribution in [1.82, 2.24) is 9.21 Å². The quantitative estimate of drug-likeness (QED) is 0.697. The first-order valence-corrected chi connectivity index (χ1v) is 12.0. The number of benzene rings is 2. The molecule has 2 aliphatic rings. The van der Waals surface area contributed by atoms with E-state index < -0.39 is 33.3 Å². The van der Waals surface area contributed by atoms with Gasteiger partial charge in [-0.2, -0.15) is 4.31 Å². The number of aryl methyl sites for hydroxylation is 3. The SMILES string of the molecule is Cc1cc(C)c(S(=O)(=O)N2CCOC23CCN(C(=O)c2ccc(F)c(F)c2)CC3)c(C)c1. The fourth-order valence-electron chi connectivity index (χ4n) is 4.88. The van der Waals surface area contributed by atoms with Crippen LogP contribution in [0.4, 0.5) is 8.78 Å². The largest absolute Gasteiger partial charge is 0.358 e. The van der Waals surface area contributed by atoms with Crippen LogP contribution in [0, 0.1) is 32.4 Å². The summed E-state index contributed by atoms with van der Waals surface area (Å²) >= 11 is 0. The van der Waals surface area contributed by atoms with Crippen LogP contribution in [0.1, 0.15) is 39.9 Å². The minimum atomic E-state index is -3.81. The number of carbonyl (C=O) groups is 1. The molecule has 0 aliphatic carbocycles. The second-order valence-electron chi connectivity index (χ2n) is 8.52. The molecule has 2 heterocycles. The van der Waals surface area contributed by atoms with Crippen molar-refractivity contribution in [2.24, 2.45) is 0 Å². The molecule has 0 aromatic heterocycles. The Balaban J connectivity index is 1.57. The number of hydrogen-bond acceptors (Lipinski definition) is 4. The van der Waals surface area contributed by atoms with Crippen molar-refractivity contribution in [2.45, 2.75) is 44.2 Å². The number of ether oxygens (including phenoxy) is 1. The van der Waals surface area contributed by atoms with Gasteiger partial charge in [0.05, 0.1) is 11.5 Å². The van der Waals surface area contributed by atoms with Crippen LogP contribution in [0.5, 0.6) is 0 Å². The van der Waals surface area contributed by atoms with Crippen LogP contribution in [0.3, 0.4) is 0 Å². The normalized spacial score (nSPS) is 19.0. The van der Waals surface area contributed by atoms with Gasteiger partial charge < -0.3 is 9.64 Å². The number of nitrogens with zero attached hydrogens (tertiary/aromatic N) is 2. The summed E-state index contributed by atoms with van der Waals surface area (Å²) in [6, 6.07) is 6.76. The van der Waals surface area contributed by atoms with Crippen LogP contribution in [0.25, 0.3) is 0 Å². The van der Waals surface area contributed by atoms with Crippen molar-refractivity contribution < 1.29 is 26.7 Å². The molecule has 9 heteroatoms. The summed E-state index contributed by atoms with van der Waals surface area (Å²) in [4.78, 5) is 14.6. The minimum absolute atomic E-state index is 0.0579. The van der Waals surface area contributed by atoms with Crippen LogP contribution in [0.15, 0.2) is 35.2 Å². The molecule has 0 radical (unpaired) electrons. The summed E-state index contributed by atoms with van der Waals surface area (Å²) in [6.45, 7) is 6.52. The predicted octanol–water partition coefficient (Wildman–Crippen LogP) is 3.54. The Bertz CT molecular complexity index is 1150. The van der Waals surface area contributed by atoms with Gasteiger partial charge in [-0.1, -0.05) is 17.7 Å². The maximum atomic E-state index is 13.7. The molecule has 32 heavy (non-hydrogen) atoms. The zero-order valence-electron chi connectivity index (χ0n) is 18.3. The van der Waals surface area contributed by atoms with E-state index in [2.05, 4.69) is 0 Å². The Morgan fingerprint density at radius 2 is 1.59 bits per heavy atom. The topological polar surface area (TPSA) is 66.9 Å². The molecular weight excluding hydrogens is 438 g/mol. The fraction of sp³-hybridized carbons (Fsp3) is 0.435. The van der Waals surface area contributed by atoms with Gasteiger partial charge in [0.1, 0.15) is 5.72 Å². The highest BCUT2D eigenvalue weighted by Gasteiger charge is 2.51. The number of amides is 1. The average molecular weight is 465 g/mol. The Morgan fingerprint density at radius 1 is 0.969 bits per heavy atom. The standard InChI is InChI=1S/C23H26F2N2O4S/c1-15-12-16(2)21(17(3)13-15)32(29,30)27-10-11-31-23(27)6-8-26(9-7-23)22(28)18-4-5-19(24)20(25)14-18/h4-5,12-14H,6-11H2,1-3H3. The van der Waals surface area contributed by atoms with E-state index in [1.54, 1.807) is 13.8 Å². The molecule has 0 saturated carbocycles. The summed E-state index contributed by atoms with van der Waals surface area (Å²) in [5.41, 5.74) is 1.41. The molecule has 1 amide bonds. The number of sulfonamides is 1. The summed E-state index contributed by atoms with van der Waals surface area (Å²) in [6.07, 6.45) is 0.594. The lowest BCUT2D eigenvalue weighted by Gasteiger charge is -2.43. The van der Waals surface area contributed by atoms with Gasteiger partial charge in [-0.25, -0.2) is 17.2 Å². The number of piperidine rings is 1. The van der Waals surface area contributed by atoms with Crippen molar-refractivity contribution in [3.05, 3.63) is 64.2 Å². The van der Waals surface area contributed by atoms with Gasteiger partial charge in [-0.15, -0.1) is 0 Å². The molecule has 0 N–H and O–H groups in total. The zero-order valence-corrected chi connectivity index (χ0v) is 19.1. The first kappa shape index (κ1) is 22.8. The second kappa shape index (κ2) is 8.20. The van der Waals surface area contributed by atoms with E-state index in [1.807, 2.05) is 19.1 Å². The van der Waals surface area contributed by atoms with E-state index in [1.165, 1.54) is 15.3 Å². The first-order chi connectivity index (χ1) is 15.0. The molecule has 2 saturated heterocycles. The van der Waals surface area contributed by atoms with Crippen molar-refractivity contribution in [1.29, 1.82) is 0 Å². The number of carbonyl (C=O) groups excluding carboxylic acids is 1. The Kier molecular flexibility index (Phi) is 5.85. The summed E-state index contributed by atoms with van der Waals surface area (Å²) < 4.78 is 61.5. The molecule has 2 aromatic rings. The number of halogens is 2. The summed E-state index contributed by atoms with van der Waals surface area (Å²) in [7, 11) is -3.81. The maximum Gasteiger partial charge on any atom is 0.253 e. The smallest absolute Gasteiger partial charge is 0.253 e. The van der Waals surface area contributed by atoms with E-state index in [0.29, 0.717) is 28.9 Å². The lowest BCUT2D eigenvalue weighted by atomic mass is 10.00. The molecule has 2 fully saturated rings. The summed E-state index contributed by atoms with van der Waals surface area (Å²) in [5, 5.41) is 0. The number of likely N-dealkylation sites (tertiary alicyclic amines) is 1. The summed E-state index contributed by atoms with van der Waals surface area (Å²) in [5.74, 6) is -2.51. The Hall–Kier alpha value is -2.36. The van der Waals surface area contributed by atoms with Crippen molar-refractivity contribution >= 4 is 15.9 Å². The Labute approximate surface area is 186 Å². The van der Waals surface area contributed by atoms with E-state index in [0.717, 1.165) is 17.7 Å². The predicted molar refractivity (Wildman–Crippen MR) is 115 cm³/mol. The van der Waals surface area contributed by atoms with Gasteiger partial charge in [-0.3, -0.25) is 4.79 Å². The Morgan fingerprint density at radius 3 is 2.19 bits per heavy atom. The number of rotatable bonds is 3. The van der Waals surface area contributed by atoms with Crippen molar-refractivity contribution in [2.75, 3.05) is 26.2 Å². The molecular formula is C23H26F2N2O4S. The van der Waals surface area contributed by atoms with E-state index in [4.69, 9.17) is 4.74 Å². The van der Waals surface area contributed by atoms with Gasteiger partial charge >= 0.3 is 0 Å². The molecule has 0 unspecified atom stereocenters. The highest BCUT2D eigenvalue weighted by Crippen LogP contribution is 2.40. The first-order valence-electron chi connectivity index (χ1n) is 10.5. The van der Waals surface area contributed by atoms with Crippen LogP contribution in [0.2, 0.25) is 0 Å². The highest BCUT2D eigenvalue weighted by atomic mass is 32.2. The molecule has 4 rings (SSSR count). The minimum Gasteiger partial charge on any atom is -0.358 e. The lowest BCUT2D eigenvalue weighted by molar-refractivity contribution is -0.0857. The van der Waals surface area contributed by atoms with Crippen molar-refractivity contribution in [3.8, 4) is 0 Å². The van der Waals surface area contributed by atoms with Crippen LogP contribution < -0.4 is 0 Å². The average Bonchev–Trinajstić information content (AvgIpc) is 3.13. The monoisotopic (exact) mass is 464 g/mol. The fourth-order valence-corrected chi connectivity index (χ4v) is 7.02. The number of hydrogen-bond donors (Lipinski definition) is 0. The van der Waals surface area contributed by atoms with E-state index in [9.17, 15) is 22.0 Å². The van der Waals surface area contributed by atoms with Crippen LogP contribution in [-0.2, 0) is 14.8 Å². The highest BCUT2D eigenvalue weighted by molar-refractivity contribution is 7.89. The molecule has 2 aromatic carbocycles. The van der Waals surface area contributed by atoms with Gasteiger partial charge in [0, 0.05) is 38.0 Å². The third-order valence-corrected chi connectivity index (χ3v) is 8.53. The van der Waals surface area contributed by atoms with E-state index >= 15 is 0 Å². The lowest BCUT2D eigenvalue weighted by Crippen LogP contribution is -2.55.